The lowest BCUT2D eigenvalue weighted by molar-refractivity contribution is 0.601. The summed E-state index contributed by atoms with van der Waals surface area (Å²) in [4.78, 5) is 0.188. The van der Waals surface area contributed by atoms with Gasteiger partial charge in [-0.3, -0.25) is 4.72 Å². The zero-order valence-corrected chi connectivity index (χ0v) is 12.8. The molecule has 2 rings (SSSR count). The van der Waals surface area contributed by atoms with Gasteiger partial charge in [-0.1, -0.05) is 34.1 Å². The van der Waals surface area contributed by atoms with Crippen LogP contribution < -0.4 is 4.72 Å². The van der Waals surface area contributed by atoms with E-state index in [4.69, 9.17) is 5.26 Å². The van der Waals surface area contributed by atoms with Crippen molar-refractivity contribution >= 4 is 31.6 Å². The predicted octanol–water partition coefficient (Wildman–Crippen LogP) is 3.32. The number of halogens is 1. The Morgan fingerprint density at radius 2 is 1.85 bits per heavy atom. The van der Waals surface area contributed by atoms with E-state index in [0.29, 0.717) is 16.6 Å². The normalized spacial score (nSPS) is 10.8. The van der Waals surface area contributed by atoms with Crippen LogP contribution in [0.15, 0.2) is 57.9 Å². The third-order valence-electron chi connectivity index (χ3n) is 2.60. The topological polar surface area (TPSA) is 70.0 Å². The Kier molecular flexibility index (Phi) is 4.42. The molecule has 0 saturated carbocycles. The van der Waals surface area contributed by atoms with Crippen LogP contribution in [0.4, 0.5) is 5.69 Å². The third kappa shape index (κ3) is 3.59. The van der Waals surface area contributed by atoms with Crippen molar-refractivity contribution in [2.45, 2.75) is 11.3 Å². The maximum absolute atomic E-state index is 12.2. The Labute approximate surface area is 126 Å². The number of benzene rings is 2. The minimum absolute atomic E-state index is 0.188. The molecule has 6 heteroatoms. The van der Waals surface area contributed by atoms with Gasteiger partial charge in [-0.25, -0.2) is 8.42 Å². The molecule has 2 aromatic carbocycles. The Hall–Kier alpha value is -1.84. The quantitative estimate of drug-likeness (QED) is 0.919. The van der Waals surface area contributed by atoms with E-state index in [1.165, 1.54) is 12.1 Å². The van der Waals surface area contributed by atoms with Crippen molar-refractivity contribution in [1.29, 1.82) is 5.26 Å². The minimum atomic E-state index is -3.61. The maximum Gasteiger partial charge on any atom is 0.261 e. The first-order valence-corrected chi connectivity index (χ1v) is 8.03. The van der Waals surface area contributed by atoms with Gasteiger partial charge in [0, 0.05) is 10.2 Å². The van der Waals surface area contributed by atoms with Crippen LogP contribution in [0.1, 0.15) is 5.56 Å². The fourth-order valence-corrected chi connectivity index (χ4v) is 3.28. The molecule has 0 heterocycles. The summed E-state index contributed by atoms with van der Waals surface area (Å²) < 4.78 is 27.6. The highest BCUT2D eigenvalue weighted by Crippen LogP contribution is 2.19. The second-order valence-electron chi connectivity index (χ2n) is 4.09. The van der Waals surface area contributed by atoms with Crippen molar-refractivity contribution in [2.75, 3.05) is 4.72 Å². The molecule has 102 valence electrons. The Morgan fingerprint density at radius 3 is 2.45 bits per heavy atom. The van der Waals surface area contributed by atoms with Gasteiger partial charge in [0.2, 0.25) is 0 Å². The van der Waals surface area contributed by atoms with E-state index in [0.717, 1.165) is 5.56 Å². The van der Waals surface area contributed by atoms with E-state index in [1.807, 2.05) is 6.07 Å². The van der Waals surface area contributed by atoms with Crippen molar-refractivity contribution in [3.63, 3.8) is 0 Å². The van der Waals surface area contributed by atoms with E-state index in [1.54, 1.807) is 36.4 Å². The Morgan fingerprint density at radius 1 is 1.15 bits per heavy atom. The van der Waals surface area contributed by atoms with Gasteiger partial charge in [-0.05, 0) is 35.9 Å². The molecule has 0 spiro atoms. The maximum atomic E-state index is 12.2. The van der Waals surface area contributed by atoms with Gasteiger partial charge in [0.05, 0.1) is 17.4 Å². The first-order valence-electron chi connectivity index (χ1n) is 5.75. The molecule has 1 N–H and O–H groups in total. The van der Waals surface area contributed by atoms with Crippen LogP contribution in [0.5, 0.6) is 0 Å². The molecular weight excluding hydrogens is 340 g/mol. The lowest BCUT2D eigenvalue weighted by Crippen LogP contribution is -2.12. The summed E-state index contributed by atoms with van der Waals surface area (Å²) in [5.74, 6) is 0. The minimum Gasteiger partial charge on any atom is -0.280 e. The first-order chi connectivity index (χ1) is 9.51. The van der Waals surface area contributed by atoms with Crippen LogP contribution in [0.2, 0.25) is 0 Å². The summed E-state index contributed by atoms with van der Waals surface area (Å²) in [5.41, 5.74) is 1.31. The Bertz CT molecular complexity index is 749. The summed E-state index contributed by atoms with van der Waals surface area (Å²) in [7, 11) is -3.61. The summed E-state index contributed by atoms with van der Waals surface area (Å²) in [6, 6.07) is 15.3. The third-order valence-corrected chi connectivity index (χ3v) is 4.47. The largest absolute Gasteiger partial charge is 0.280 e. The molecular formula is C14H11BrN2O2S. The van der Waals surface area contributed by atoms with Crippen LogP contribution in [0.3, 0.4) is 0 Å². The standard InChI is InChI=1S/C14H11BrN2O2S/c15-12-2-1-3-14(10-12)20(18,19)17-13-6-4-11(5-7-13)8-9-16/h1-7,10,17H,8H2. The van der Waals surface area contributed by atoms with Gasteiger partial charge in [0.25, 0.3) is 10.0 Å². The van der Waals surface area contributed by atoms with Crippen molar-refractivity contribution in [2.24, 2.45) is 0 Å². The van der Waals surface area contributed by atoms with Gasteiger partial charge < -0.3 is 0 Å². The SMILES string of the molecule is N#CCc1ccc(NS(=O)(=O)c2cccc(Br)c2)cc1. The molecule has 0 aliphatic carbocycles. The average molecular weight is 351 g/mol. The highest BCUT2D eigenvalue weighted by molar-refractivity contribution is 9.10. The molecule has 0 saturated heterocycles. The fourth-order valence-electron chi connectivity index (χ4n) is 1.63. The van der Waals surface area contributed by atoms with Crippen molar-refractivity contribution in [3.05, 3.63) is 58.6 Å². The smallest absolute Gasteiger partial charge is 0.261 e. The van der Waals surface area contributed by atoms with E-state index in [2.05, 4.69) is 20.7 Å². The van der Waals surface area contributed by atoms with Crippen molar-refractivity contribution < 1.29 is 8.42 Å². The molecule has 0 aliphatic heterocycles. The molecule has 2 aromatic rings. The second kappa shape index (κ2) is 6.07. The molecule has 0 atom stereocenters. The lowest BCUT2D eigenvalue weighted by atomic mass is 10.1. The number of nitrogens with one attached hydrogen (secondary N) is 1. The monoisotopic (exact) mass is 350 g/mol. The highest BCUT2D eigenvalue weighted by Gasteiger charge is 2.14. The van der Waals surface area contributed by atoms with Crippen LogP contribution in [-0.4, -0.2) is 8.42 Å². The van der Waals surface area contributed by atoms with Gasteiger partial charge in [-0.2, -0.15) is 5.26 Å². The van der Waals surface area contributed by atoms with E-state index in [-0.39, 0.29) is 4.90 Å². The Balaban J connectivity index is 2.22. The second-order valence-corrected chi connectivity index (χ2v) is 6.69. The molecule has 20 heavy (non-hydrogen) atoms. The van der Waals surface area contributed by atoms with Crippen LogP contribution in [0, 0.1) is 11.3 Å². The van der Waals surface area contributed by atoms with E-state index >= 15 is 0 Å². The molecule has 0 aliphatic rings. The van der Waals surface area contributed by atoms with Gasteiger partial charge in [0.15, 0.2) is 0 Å². The number of hydrogen-bond acceptors (Lipinski definition) is 3. The molecule has 0 fully saturated rings. The van der Waals surface area contributed by atoms with Gasteiger partial charge in [-0.15, -0.1) is 0 Å². The molecule has 0 radical (unpaired) electrons. The predicted molar refractivity (Wildman–Crippen MR) is 80.7 cm³/mol. The molecule has 4 nitrogen and oxygen atoms in total. The van der Waals surface area contributed by atoms with Crippen molar-refractivity contribution in [3.8, 4) is 6.07 Å². The number of nitriles is 1. The molecule has 0 bridgehead atoms. The highest BCUT2D eigenvalue weighted by atomic mass is 79.9. The number of hydrogen-bond donors (Lipinski definition) is 1. The average Bonchev–Trinajstić information content (AvgIpc) is 2.41. The zero-order chi connectivity index (χ0) is 14.6. The summed E-state index contributed by atoms with van der Waals surface area (Å²) in [6.07, 6.45) is 0.304. The summed E-state index contributed by atoms with van der Waals surface area (Å²) >= 11 is 3.24. The number of rotatable bonds is 4. The summed E-state index contributed by atoms with van der Waals surface area (Å²) in [6.45, 7) is 0. The van der Waals surface area contributed by atoms with Crippen molar-refractivity contribution in [1.82, 2.24) is 0 Å². The number of nitrogens with zero attached hydrogens (tertiary/aromatic N) is 1. The van der Waals surface area contributed by atoms with Crippen LogP contribution in [-0.2, 0) is 16.4 Å². The molecule has 0 aromatic heterocycles. The van der Waals surface area contributed by atoms with E-state index in [9.17, 15) is 8.42 Å². The van der Waals surface area contributed by atoms with E-state index < -0.39 is 10.0 Å². The fraction of sp³-hybridized carbons (Fsp3) is 0.0714. The number of sulfonamides is 1. The molecule has 0 unspecified atom stereocenters. The van der Waals surface area contributed by atoms with Crippen LogP contribution in [0.25, 0.3) is 0 Å². The summed E-state index contributed by atoms with van der Waals surface area (Å²) in [5, 5.41) is 8.58. The lowest BCUT2D eigenvalue weighted by Gasteiger charge is -2.08. The first kappa shape index (κ1) is 14.6. The zero-order valence-electron chi connectivity index (χ0n) is 10.4. The van der Waals surface area contributed by atoms with Gasteiger partial charge >= 0.3 is 0 Å². The molecule has 0 amide bonds. The van der Waals surface area contributed by atoms with Gasteiger partial charge in [0.1, 0.15) is 0 Å². The number of anilines is 1. The van der Waals surface area contributed by atoms with Crippen LogP contribution >= 0.6 is 15.9 Å².